The van der Waals surface area contributed by atoms with E-state index in [0.29, 0.717) is 16.5 Å². The van der Waals surface area contributed by atoms with Gasteiger partial charge in [-0.15, -0.1) is 0 Å². The maximum Gasteiger partial charge on any atom is 0.294 e. The third-order valence-electron chi connectivity index (χ3n) is 4.11. The summed E-state index contributed by atoms with van der Waals surface area (Å²) in [6.45, 7) is 1.97. The molecule has 0 unspecified atom stereocenters. The van der Waals surface area contributed by atoms with Crippen LogP contribution in [0.25, 0.3) is 5.57 Å². The van der Waals surface area contributed by atoms with Crippen LogP contribution in [0, 0.1) is 6.92 Å². The van der Waals surface area contributed by atoms with Gasteiger partial charge in [-0.05, 0) is 66.4 Å². The lowest BCUT2D eigenvalue weighted by Gasteiger charge is -2.09. The highest BCUT2D eigenvalue weighted by molar-refractivity contribution is 7.85. The minimum atomic E-state index is -4.02. The molecule has 0 spiro atoms. The van der Waals surface area contributed by atoms with Crippen LogP contribution < -0.4 is 0 Å². The predicted molar refractivity (Wildman–Crippen MR) is 123 cm³/mol. The summed E-state index contributed by atoms with van der Waals surface area (Å²) in [4.78, 5) is -0.0666. The van der Waals surface area contributed by atoms with E-state index in [1.807, 2.05) is 61.5 Å². The molecule has 2 N–H and O–H groups in total. The molecule has 0 saturated carbocycles. The van der Waals surface area contributed by atoms with Crippen molar-refractivity contribution in [1.29, 1.82) is 0 Å². The van der Waals surface area contributed by atoms with Gasteiger partial charge in [0, 0.05) is 16.7 Å². The molecule has 0 radical (unpaired) electrons. The molecule has 158 valence electrons. The first-order valence-corrected chi connectivity index (χ1v) is 11.3. The van der Waals surface area contributed by atoms with E-state index in [0.717, 1.165) is 22.3 Å². The molecule has 0 aromatic heterocycles. The fourth-order valence-corrected chi connectivity index (χ4v) is 3.31. The first-order chi connectivity index (χ1) is 14.2. The Morgan fingerprint density at radius 1 is 0.833 bits per heavy atom. The molecule has 0 atom stereocenters. The lowest BCUT2D eigenvalue weighted by Crippen LogP contribution is -1.96. The average molecular weight is 465 g/mol. The first kappa shape index (κ1) is 24.1. The molecule has 7 heteroatoms. The van der Waals surface area contributed by atoms with E-state index in [1.54, 1.807) is 12.1 Å². The standard InChI is InChI=1S/C16H14Cl2O.C7H8O3S/c17-14-7-3-12(4-8-14)16(2-1-11-19)13-5-9-15(18)10-6-13;1-6-2-4-7(5-3-6)11(8,9)10/h2-10,19H,1,11H2;2-5H,1H3,(H,8,9,10). The van der Waals surface area contributed by atoms with Crippen LogP contribution in [-0.4, -0.2) is 24.7 Å². The maximum absolute atomic E-state index is 10.5. The van der Waals surface area contributed by atoms with Gasteiger partial charge >= 0.3 is 0 Å². The van der Waals surface area contributed by atoms with Gasteiger partial charge in [0.25, 0.3) is 10.1 Å². The second-order valence-electron chi connectivity index (χ2n) is 6.43. The van der Waals surface area contributed by atoms with E-state index in [4.69, 9.17) is 32.9 Å². The fourth-order valence-electron chi connectivity index (χ4n) is 2.58. The lowest BCUT2D eigenvalue weighted by atomic mass is 9.97. The summed E-state index contributed by atoms with van der Waals surface area (Å²) >= 11 is 11.8. The lowest BCUT2D eigenvalue weighted by molar-refractivity contribution is 0.303. The normalized spacial score (nSPS) is 10.7. The number of hydrogen-bond acceptors (Lipinski definition) is 3. The highest BCUT2D eigenvalue weighted by Gasteiger charge is 2.07. The van der Waals surface area contributed by atoms with Crippen molar-refractivity contribution in [2.45, 2.75) is 18.2 Å². The SMILES string of the molecule is Cc1ccc(S(=O)(=O)O)cc1.OCCC=C(c1ccc(Cl)cc1)c1ccc(Cl)cc1. The van der Waals surface area contributed by atoms with Crippen molar-refractivity contribution in [3.63, 3.8) is 0 Å². The highest BCUT2D eigenvalue weighted by atomic mass is 35.5. The van der Waals surface area contributed by atoms with Crippen molar-refractivity contribution in [3.05, 3.63) is 106 Å². The summed E-state index contributed by atoms with van der Waals surface area (Å²) in [5, 5.41) is 10.4. The van der Waals surface area contributed by atoms with E-state index in [2.05, 4.69) is 0 Å². The summed E-state index contributed by atoms with van der Waals surface area (Å²) in [5.41, 5.74) is 4.17. The first-order valence-electron chi connectivity index (χ1n) is 9.08. The minimum absolute atomic E-state index is 0.0666. The topological polar surface area (TPSA) is 74.6 Å². The van der Waals surface area contributed by atoms with E-state index < -0.39 is 10.1 Å². The van der Waals surface area contributed by atoms with Crippen molar-refractivity contribution in [3.8, 4) is 0 Å². The zero-order valence-electron chi connectivity index (χ0n) is 16.3. The monoisotopic (exact) mass is 464 g/mol. The van der Waals surface area contributed by atoms with Crippen molar-refractivity contribution in [2.75, 3.05) is 6.61 Å². The van der Waals surface area contributed by atoms with Gasteiger partial charge in [0.05, 0.1) is 4.90 Å². The highest BCUT2D eigenvalue weighted by Crippen LogP contribution is 2.26. The van der Waals surface area contributed by atoms with Crippen LogP contribution in [0.2, 0.25) is 10.0 Å². The number of aryl methyl sites for hydroxylation is 1. The molecule has 0 bridgehead atoms. The van der Waals surface area contributed by atoms with Crippen LogP contribution in [0.3, 0.4) is 0 Å². The van der Waals surface area contributed by atoms with Crippen LogP contribution in [0.1, 0.15) is 23.1 Å². The Kier molecular flexibility index (Phi) is 9.08. The van der Waals surface area contributed by atoms with Crippen LogP contribution in [0.15, 0.2) is 83.8 Å². The van der Waals surface area contributed by atoms with Crippen LogP contribution in [0.4, 0.5) is 0 Å². The molecular formula is C23H22Cl2O4S. The minimum Gasteiger partial charge on any atom is -0.396 e. The zero-order valence-corrected chi connectivity index (χ0v) is 18.6. The van der Waals surface area contributed by atoms with Gasteiger partial charge in [-0.3, -0.25) is 4.55 Å². The Bertz CT molecular complexity index is 1030. The number of aliphatic hydroxyl groups is 1. The molecule has 0 aliphatic rings. The molecule has 0 aliphatic carbocycles. The molecule has 0 fully saturated rings. The van der Waals surface area contributed by atoms with Crippen molar-refractivity contribution < 1.29 is 18.1 Å². The molecule has 3 aromatic carbocycles. The molecule has 30 heavy (non-hydrogen) atoms. The van der Waals surface area contributed by atoms with E-state index in [9.17, 15) is 8.42 Å². The maximum atomic E-state index is 10.5. The van der Waals surface area contributed by atoms with E-state index >= 15 is 0 Å². The fraction of sp³-hybridized carbons (Fsp3) is 0.130. The Morgan fingerprint density at radius 2 is 1.27 bits per heavy atom. The Labute approximate surface area is 187 Å². The number of benzene rings is 3. The number of rotatable bonds is 5. The van der Waals surface area contributed by atoms with Crippen LogP contribution in [-0.2, 0) is 10.1 Å². The molecule has 0 aliphatic heterocycles. The number of halogens is 2. The van der Waals surface area contributed by atoms with Crippen molar-refractivity contribution in [2.24, 2.45) is 0 Å². The average Bonchev–Trinajstić information content (AvgIpc) is 2.71. The predicted octanol–water partition coefficient (Wildman–Crippen LogP) is 6.05. The smallest absolute Gasteiger partial charge is 0.294 e. The Morgan fingerprint density at radius 3 is 1.63 bits per heavy atom. The van der Waals surface area contributed by atoms with Gasteiger partial charge < -0.3 is 5.11 Å². The molecule has 3 aromatic rings. The third kappa shape index (κ3) is 7.59. The van der Waals surface area contributed by atoms with Crippen LogP contribution >= 0.6 is 23.2 Å². The second-order valence-corrected chi connectivity index (χ2v) is 8.73. The summed E-state index contributed by atoms with van der Waals surface area (Å²) < 4.78 is 29.6. The van der Waals surface area contributed by atoms with Gasteiger partial charge in [-0.2, -0.15) is 8.42 Å². The van der Waals surface area contributed by atoms with Gasteiger partial charge in [0.2, 0.25) is 0 Å². The molecule has 3 rings (SSSR count). The van der Waals surface area contributed by atoms with E-state index in [1.165, 1.54) is 12.1 Å². The molecule has 4 nitrogen and oxygen atoms in total. The Balaban J connectivity index is 0.000000248. The summed E-state index contributed by atoms with van der Waals surface area (Å²) in [6.07, 6.45) is 2.63. The van der Waals surface area contributed by atoms with Gasteiger partial charge in [0.15, 0.2) is 0 Å². The van der Waals surface area contributed by atoms with Crippen molar-refractivity contribution >= 4 is 38.9 Å². The Hall–Kier alpha value is -2.15. The molecule has 0 amide bonds. The summed E-state index contributed by atoms with van der Waals surface area (Å²) in [7, 11) is -4.02. The van der Waals surface area contributed by atoms with E-state index in [-0.39, 0.29) is 11.5 Å². The van der Waals surface area contributed by atoms with Crippen molar-refractivity contribution in [1.82, 2.24) is 0 Å². The third-order valence-corrected chi connectivity index (χ3v) is 5.48. The summed E-state index contributed by atoms with van der Waals surface area (Å²) in [6, 6.07) is 21.3. The molecule has 0 saturated heterocycles. The summed E-state index contributed by atoms with van der Waals surface area (Å²) in [5.74, 6) is 0. The van der Waals surface area contributed by atoms with Gasteiger partial charge in [-0.25, -0.2) is 0 Å². The van der Waals surface area contributed by atoms with Crippen LogP contribution in [0.5, 0.6) is 0 Å². The number of hydrogen-bond donors (Lipinski definition) is 2. The largest absolute Gasteiger partial charge is 0.396 e. The van der Waals surface area contributed by atoms with Gasteiger partial charge in [0.1, 0.15) is 0 Å². The van der Waals surface area contributed by atoms with Gasteiger partial charge in [-0.1, -0.05) is 71.2 Å². The zero-order chi connectivity index (χ0) is 22.1. The molecule has 0 heterocycles. The quantitative estimate of drug-likeness (QED) is 0.450. The molecular weight excluding hydrogens is 443 g/mol. The number of aliphatic hydroxyl groups excluding tert-OH is 1. The second kappa shape index (κ2) is 11.3.